The molecule has 0 spiro atoms. The number of hydrogen-bond acceptors (Lipinski definition) is 7. The lowest BCUT2D eigenvalue weighted by molar-refractivity contribution is 0.102. The van der Waals surface area contributed by atoms with Gasteiger partial charge in [-0.3, -0.25) is 19.9 Å². The van der Waals surface area contributed by atoms with Crippen LogP contribution in [0.15, 0.2) is 55.0 Å². The van der Waals surface area contributed by atoms with E-state index in [4.69, 9.17) is 4.98 Å². The quantitative estimate of drug-likeness (QED) is 0.296. The minimum Gasteiger partial charge on any atom is -0.376 e. The zero-order valence-corrected chi connectivity index (χ0v) is 20.4. The number of Topliss-reactive ketones (excluding diaryl/α,β-unsaturated/α-hetero) is 1. The number of aromatic amines is 2. The van der Waals surface area contributed by atoms with Crippen LogP contribution in [0.4, 0.5) is 10.1 Å². The molecule has 2 N–H and O–H groups in total. The largest absolute Gasteiger partial charge is 0.376 e. The molecule has 0 saturated heterocycles. The first-order valence-corrected chi connectivity index (χ1v) is 12.0. The van der Waals surface area contributed by atoms with Gasteiger partial charge in [0.15, 0.2) is 11.6 Å². The summed E-state index contributed by atoms with van der Waals surface area (Å²) in [4.78, 5) is 32.1. The summed E-state index contributed by atoms with van der Waals surface area (Å²) in [7, 11) is 3.83. The van der Waals surface area contributed by atoms with Crippen LogP contribution in [-0.2, 0) is 0 Å². The van der Waals surface area contributed by atoms with E-state index in [0.717, 1.165) is 21.5 Å². The highest BCUT2D eigenvalue weighted by Crippen LogP contribution is 2.35. The Morgan fingerprint density at radius 1 is 1.06 bits per heavy atom. The molecule has 10 heteroatoms. The van der Waals surface area contributed by atoms with Gasteiger partial charge in [-0.1, -0.05) is 0 Å². The zero-order chi connectivity index (χ0) is 25.0. The first-order valence-electron chi connectivity index (χ1n) is 11.2. The fourth-order valence-electron chi connectivity index (χ4n) is 4.14. The highest BCUT2D eigenvalue weighted by molar-refractivity contribution is 7.17. The molecule has 0 atom stereocenters. The standard InChI is InChI=1S/C26H20FN7OS/c1-13(35)21-4-5-22(36-21)25-24-19(6-7-29-25)30-26(31-24)23-17-9-16(18(27)10-20(17)32-33-23)14-8-15(34(2)3)12-28-11-14/h4-12H,1-3H3,(H,30,31)(H,32,33). The molecule has 5 aromatic heterocycles. The molecule has 0 fully saturated rings. The second-order valence-corrected chi connectivity index (χ2v) is 9.72. The average Bonchev–Trinajstić information content (AvgIpc) is 3.61. The number of nitrogens with one attached hydrogen (secondary N) is 2. The molecule has 0 aliphatic heterocycles. The van der Waals surface area contributed by atoms with Gasteiger partial charge in [0.2, 0.25) is 0 Å². The first-order chi connectivity index (χ1) is 17.4. The number of aromatic nitrogens is 6. The number of benzene rings is 1. The van der Waals surface area contributed by atoms with E-state index in [9.17, 15) is 4.79 Å². The Labute approximate surface area is 208 Å². The van der Waals surface area contributed by atoms with Gasteiger partial charge < -0.3 is 9.88 Å². The Hall–Kier alpha value is -4.44. The molecule has 6 aromatic rings. The summed E-state index contributed by atoms with van der Waals surface area (Å²) in [6.07, 6.45) is 5.08. The lowest BCUT2D eigenvalue weighted by Crippen LogP contribution is -2.08. The molecular weight excluding hydrogens is 477 g/mol. The summed E-state index contributed by atoms with van der Waals surface area (Å²) >= 11 is 1.38. The molecule has 36 heavy (non-hydrogen) atoms. The van der Waals surface area contributed by atoms with Gasteiger partial charge in [-0.2, -0.15) is 5.10 Å². The topological polar surface area (TPSA) is 103 Å². The maximum atomic E-state index is 15.1. The Bertz CT molecular complexity index is 1780. The molecule has 8 nitrogen and oxygen atoms in total. The van der Waals surface area contributed by atoms with E-state index in [1.165, 1.54) is 17.4 Å². The van der Waals surface area contributed by atoms with Crippen molar-refractivity contribution in [3.8, 4) is 33.2 Å². The second-order valence-electron chi connectivity index (χ2n) is 8.64. The van der Waals surface area contributed by atoms with Crippen molar-refractivity contribution < 1.29 is 9.18 Å². The number of pyridine rings is 2. The van der Waals surface area contributed by atoms with Crippen molar-refractivity contribution in [2.75, 3.05) is 19.0 Å². The van der Waals surface area contributed by atoms with Crippen LogP contribution < -0.4 is 4.90 Å². The minimum absolute atomic E-state index is 0.0125. The molecule has 0 radical (unpaired) electrons. The van der Waals surface area contributed by atoms with E-state index in [1.54, 1.807) is 37.6 Å². The molecular formula is C26H20FN7OS. The number of rotatable bonds is 5. The van der Waals surface area contributed by atoms with Crippen LogP contribution in [0.2, 0.25) is 0 Å². The highest BCUT2D eigenvalue weighted by Gasteiger charge is 2.19. The van der Waals surface area contributed by atoms with Gasteiger partial charge in [0.25, 0.3) is 0 Å². The molecule has 5 heterocycles. The molecule has 1 aromatic carbocycles. The summed E-state index contributed by atoms with van der Waals surface area (Å²) in [6.45, 7) is 1.54. The lowest BCUT2D eigenvalue weighted by atomic mass is 10.0. The lowest BCUT2D eigenvalue weighted by Gasteiger charge is -2.13. The van der Waals surface area contributed by atoms with Gasteiger partial charge in [0.05, 0.1) is 32.7 Å². The summed E-state index contributed by atoms with van der Waals surface area (Å²) in [6, 6.07) is 10.6. The third-order valence-electron chi connectivity index (χ3n) is 6.01. The molecule has 0 aliphatic carbocycles. The number of anilines is 1. The summed E-state index contributed by atoms with van der Waals surface area (Å²) in [5.41, 5.74) is 5.24. The predicted octanol–water partition coefficient (Wildman–Crippen LogP) is 5.70. The zero-order valence-electron chi connectivity index (χ0n) is 19.6. The maximum Gasteiger partial charge on any atom is 0.169 e. The van der Waals surface area contributed by atoms with Gasteiger partial charge in [-0.05, 0) is 37.3 Å². The molecule has 178 valence electrons. The van der Waals surface area contributed by atoms with Crippen molar-refractivity contribution in [3.05, 3.63) is 65.7 Å². The van der Waals surface area contributed by atoms with Crippen LogP contribution in [0.5, 0.6) is 0 Å². The summed E-state index contributed by atoms with van der Waals surface area (Å²) in [5.74, 6) is 0.176. The van der Waals surface area contributed by atoms with E-state index >= 15 is 4.39 Å². The molecule has 6 rings (SSSR count). The summed E-state index contributed by atoms with van der Waals surface area (Å²) < 4.78 is 15.1. The highest BCUT2D eigenvalue weighted by atomic mass is 32.1. The first kappa shape index (κ1) is 22.1. The monoisotopic (exact) mass is 497 g/mol. The van der Waals surface area contributed by atoms with Crippen LogP contribution in [0, 0.1) is 5.82 Å². The Morgan fingerprint density at radius 3 is 2.69 bits per heavy atom. The van der Waals surface area contributed by atoms with Crippen molar-refractivity contribution in [3.63, 3.8) is 0 Å². The van der Waals surface area contributed by atoms with E-state index < -0.39 is 0 Å². The number of nitrogens with zero attached hydrogens (tertiary/aromatic N) is 5. The van der Waals surface area contributed by atoms with Gasteiger partial charge in [-0.25, -0.2) is 9.37 Å². The number of thiophene rings is 1. The van der Waals surface area contributed by atoms with Crippen molar-refractivity contribution >= 4 is 44.7 Å². The van der Waals surface area contributed by atoms with Crippen LogP contribution in [0.1, 0.15) is 16.6 Å². The van der Waals surface area contributed by atoms with E-state index in [1.807, 2.05) is 37.2 Å². The number of H-pyrrole nitrogens is 2. The molecule has 0 aliphatic rings. The van der Waals surface area contributed by atoms with Gasteiger partial charge in [0.1, 0.15) is 22.7 Å². The van der Waals surface area contributed by atoms with Crippen LogP contribution in [-0.4, -0.2) is 50.0 Å². The SMILES string of the molecule is CC(=O)c1ccc(-c2nccc3[nH]c(-c4n[nH]c5cc(F)c(-c6cncc(N(C)C)c6)cc45)nc23)s1. The number of hydrogen-bond donors (Lipinski definition) is 2. The Morgan fingerprint density at radius 2 is 1.92 bits per heavy atom. The number of fused-ring (bicyclic) bond motifs is 2. The number of carbonyl (C=O) groups excluding carboxylic acids is 1. The van der Waals surface area contributed by atoms with Gasteiger partial charge in [0, 0.05) is 49.1 Å². The van der Waals surface area contributed by atoms with E-state index in [0.29, 0.717) is 44.2 Å². The minimum atomic E-state index is -0.370. The normalized spacial score (nSPS) is 11.4. The number of ketones is 1. The molecule has 0 amide bonds. The van der Waals surface area contributed by atoms with Crippen molar-refractivity contribution in [2.24, 2.45) is 0 Å². The van der Waals surface area contributed by atoms with Crippen LogP contribution in [0.3, 0.4) is 0 Å². The Kier molecular flexibility index (Phi) is 5.11. The number of halogens is 1. The Balaban J connectivity index is 1.48. The number of imidazole rings is 1. The van der Waals surface area contributed by atoms with Crippen molar-refractivity contribution in [2.45, 2.75) is 6.92 Å². The molecule has 0 unspecified atom stereocenters. The van der Waals surface area contributed by atoms with Crippen molar-refractivity contribution in [1.29, 1.82) is 0 Å². The molecule has 0 bridgehead atoms. The third-order valence-corrected chi connectivity index (χ3v) is 7.21. The average molecular weight is 498 g/mol. The van der Waals surface area contributed by atoms with Crippen LogP contribution >= 0.6 is 11.3 Å². The summed E-state index contributed by atoms with van der Waals surface area (Å²) in [5, 5.41) is 8.08. The van der Waals surface area contributed by atoms with Gasteiger partial charge in [-0.15, -0.1) is 11.3 Å². The third kappa shape index (κ3) is 3.62. The second kappa shape index (κ2) is 8.35. The molecule has 0 saturated carbocycles. The van der Waals surface area contributed by atoms with E-state index in [-0.39, 0.29) is 11.6 Å². The van der Waals surface area contributed by atoms with Crippen LogP contribution in [0.25, 0.3) is 55.2 Å². The fourth-order valence-corrected chi connectivity index (χ4v) is 5.04. The van der Waals surface area contributed by atoms with Crippen molar-refractivity contribution in [1.82, 2.24) is 30.1 Å². The fraction of sp³-hybridized carbons (Fsp3) is 0.115. The van der Waals surface area contributed by atoms with E-state index in [2.05, 4.69) is 25.1 Å². The van der Waals surface area contributed by atoms with Gasteiger partial charge >= 0.3 is 0 Å². The smallest absolute Gasteiger partial charge is 0.169 e. The number of carbonyl (C=O) groups is 1. The predicted molar refractivity (Wildman–Crippen MR) is 140 cm³/mol. The maximum absolute atomic E-state index is 15.1.